The van der Waals surface area contributed by atoms with E-state index in [0.717, 1.165) is 0 Å². The Balaban J connectivity index is 2.43. The Bertz CT molecular complexity index is 611. The molecule has 6 nitrogen and oxygen atoms in total. The highest BCUT2D eigenvalue weighted by molar-refractivity contribution is 5.79. The van der Waals surface area contributed by atoms with Crippen molar-refractivity contribution >= 4 is 22.8 Å². The van der Waals surface area contributed by atoms with Crippen LogP contribution in [0.3, 0.4) is 0 Å². The van der Waals surface area contributed by atoms with Crippen LogP contribution >= 0.6 is 0 Å². The molecule has 0 atom stereocenters. The standard InChI is InChI=1S/C11H12N2O4/c1-2-16-10(14)6-13-8-4-3-7(12)5-9(8)17-11(13)15/h3-5H,2,6,12H2,1H3. The quantitative estimate of drug-likeness (QED) is 0.627. The lowest BCUT2D eigenvalue weighted by molar-refractivity contribution is -0.143. The first-order valence-corrected chi connectivity index (χ1v) is 5.16. The second-order valence-corrected chi connectivity index (χ2v) is 3.49. The van der Waals surface area contributed by atoms with Crippen LogP contribution in [0.5, 0.6) is 0 Å². The van der Waals surface area contributed by atoms with Gasteiger partial charge >= 0.3 is 11.7 Å². The second-order valence-electron chi connectivity index (χ2n) is 3.49. The molecular formula is C11H12N2O4. The zero-order chi connectivity index (χ0) is 12.4. The van der Waals surface area contributed by atoms with Crippen LogP contribution in [0.4, 0.5) is 5.69 Å². The summed E-state index contributed by atoms with van der Waals surface area (Å²) in [5.41, 5.74) is 6.95. The third-order valence-corrected chi connectivity index (χ3v) is 2.28. The number of nitrogens with two attached hydrogens (primary N) is 1. The average Bonchev–Trinajstić information content (AvgIpc) is 2.55. The summed E-state index contributed by atoms with van der Waals surface area (Å²) in [4.78, 5) is 22.9. The smallest absolute Gasteiger partial charge is 0.420 e. The van der Waals surface area contributed by atoms with Crippen molar-refractivity contribution in [2.75, 3.05) is 12.3 Å². The number of carbonyl (C=O) groups is 1. The van der Waals surface area contributed by atoms with Gasteiger partial charge in [0.25, 0.3) is 0 Å². The molecule has 2 aromatic rings. The lowest BCUT2D eigenvalue weighted by atomic mass is 10.3. The van der Waals surface area contributed by atoms with E-state index in [9.17, 15) is 9.59 Å². The number of nitrogens with zero attached hydrogens (tertiary/aromatic N) is 1. The van der Waals surface area contributed by atoms with Crippen LogP contribution in [0.2, 0.25) is 0 Å². The molecule has 0 aliphatic heterocycles. The van der Waals surface area contributed by atoms with Gasteiger partial charge in [-0.05, 0) is 19.1 Å². The van der Waals surface area contributed by atoms with Gasteiger partial charge < -0.3 is 14.9 Å². The summed E-state index contributed by atoms with van der Waals surface area (Å²) in [6, 6.07) is 4.81. The molecule has 0 radical (unpaired) electrons. The van der Waals surface area contributed by atoms with Crippen molar-refractivity contribution in [3.05, 3.63) is 28.7 Å². The molecule has 90 valence electrons. The molecule has 1 aromatic heterocycles. The van der Waals surface area contributed by atoms with Crippen LogP contribution in [0.1, 0.15) is 6.92 Å². The van der Waals surface area contributed by atoms with Crippen molar-refractivity contribution < 1.29 is 13.9 Å². The average molecular weight is 236 g/mol. The van der Waals surface area contributed by atoms with E-state index in [1.165, 1.54) is 4.57 Å². The van der Waals surface area contributed by atoms with E-state index in [1.54, 1.807) is 25.1 Å². The summed E-state index contributed by atoms with van der Waals surface area (Å²) < 4.78 is 11.0. The number of ether oxygens (including phenoxy) is 1. The van der Waals surface area contributed by atoms with Crippen LogP contribution in [0.25, 0.3) is 11.1 Å². The van der Waals surface area contributed by atoms with Crippen molar-refractivity contribution in [1.29, 1.82) is 0 Å². The predicted molar refractivity (Wildman–Crippen MR) is 61.5 cm³/mol. The summed E-state index contributed by atoms with van der Waals surface area (Å²) in [5, 5.41) is 0. The molecule has 0 aliphatic carbocycles. The van der Waals surface area contributed by atoms with Gasteiger partial charge in [0.15, 0.2) is 5.58 Å². The Morgan fingerprint density at radius 3 is 3.00 bits per heavy atom. The zero-order valence-corrected chi connectivity index (χ0v) is 9.30. The van der Waals surface area contributed by atoms with Crippen LogP contribution in [-0.4, -0.2) is 17.1 Å². The van der Waals surface area contributed by atoms with E-state index in [1.807, 2.05) is 0 Å². The van der Waals surface area contributed by atoms with Crippen molar-refractivity contribution in [2.45, 2.75) is 13.5 Å². The largest absolute Gasteiger partial charge is 0.465 e. The fourth-order valence-corrected chi connectivity index (χ4v) is 1.57. The van der Waals surface area contributed by atoms with E-state index < -0.39 is 11.7 Å². The Hall–Kier alpha value is -2.24. The molecule has 0 saturated carbocycles. The summed E-state index contributed by atoms with van der Waals surface area (Å²) >= 11 is 0. The van der Waals surface area contributed by atoms with Gasteiger partial charge in [-0.1, -0.05) is 0 Å². The summed E-state index contributed by atoms with van der Waals surface area (Å²) in [6.07, 6.45) is 0. The first-order chi connectivity index (χ1) is 8.11. The fourth-order valence-electron chi connectivity index (χ4n) is 1.57. The first-order valence-electron chi connectivity index (χ1n) is 5.16. The van der Waals surface area contributed by atoms with Gasteiger partial charge in [-0.15, -0.1) is 0 Å². The van der Waals surface area contributed by atoms with E-state index >= 15 is 0 Å². The lowest BCUT2D eigenvalue weighted by Crippen LogP contribution is -2.21. The second kappa shape index (κ2) is 4.32. The highest BCUT2D eigenvalue weighted by atomic mass is 16.5. The number of nitrogen functional groups attached to an aromatic ring is 1. The van der Waals surface area contributed by atoms with Crippen molar-refractivity contribution in [3.63, 3.8) is 0 Å². The number of esters is 1. The number of carbonyl (C=O) groups excluding carboxylic acids is 1. The number of aromatic nitrogens is 1. The number of oxazole rings is 1. The Morgan fingerprint density at radius 2 is 2.29 bits per heavy atom. The molecule has 2 rings (SSSR count). The SMILES string of the molecule is CCOC(=O)Cn1c(=O)oc2cc(N)ccc21. The number of fused-ring (bicyclic) bond motifs is 1. The molecule has 6 heteroatoms. The normalized spacial score (nSPS) is 10.6. The minimum atomic E-state index is -0.598. The Labute approximate surface area is 96.6 Å². The number of hydrogen-bond acceptors (Lipinski definition) is 5. The Kier molecular flexibility index (Phi) is 2.86. The molecule has 0 unspecified atom stereocenters. The number of benzene rings is 1. The topological polar surface area (TPSA) is 87.5 Å². The van der Waals surface area contributed by atoms with Crippen molar-refractivity contribution in [1.82, 2.24) is 4.57 Å². The van der Waals surface area contributed by atoms with E-state index in [-0.39, 0.29) is 13.2 Å². The first kappa shape index (κ1) is 11.3. The molecule has 1 aromatic carbocycles. The molecule has 1 heterocycles. The lowest BCUT2D eigenvalue weighted by Gasteiger charge is -2.02. The zero-order valence-electron chi connectivity index (χ0n) is 9.30. The third kappa shape index (κ3) is 2.15. The van der Waals surface area contributed by atoms with Crippen LogP contribution in [-0.2, 0) is 16.1 Å². The fraction of sp³-hybridized carbons (Fsp3) is 0.273. The summed E-state index contributed by atoms with van der Waals surface area (Å²) in [5.74, 6) is -1.08. The molecule has 0 spiro atoms. The van der Waals surface area contributed by atoms with E-state index in [4.69, 9.17) is 14.9 Å². The van der Waals surface area contributed by atoms with E-state index in [0.29, 0.717) is 16.8 Å². The van der Waals surface area contributed by atoms with Gasteiger partial charge in [0.2, 0.25) is 0 Å². The maximum Gasteiger partial charge on any atom is 0.420 e. The monoisotopic (exact) mass is 236 g/mol. The number of anilines is 1. The molecule has 0 aliphatic rings. The van der Waals surface area contributed by atoms with Gasteiger partial charge in [-0.3, -0.25) is 9.36 Å². The summed E-state index contributed by atoms with van der Waals surface area (Å²) in [6.45, 7) is 1.81. The molecule has 0 amide bonds. The van der Waals surface area contributed by atoms with Crippen molar-refractivity contribution in [2.24, 2.45) is 0 Å². The minimum Gasteiger partial charge on any atom is -0.465 e. The van der Waals surface area contributed by atoms with Crippen LogP contribution < -0.4 is 11.5 Å². The third-order valence-electron chi connectivity index (χ3n) is 2.28. The minimum absolute atomic E-state index is 0.163. The van der Waals surface area contributed by atoms with Gasteiger partial charge in [0, 0.05) is 11.8 Å². The van der Waals surface area contributed by atoms with Gasteiger partial charge in [0.05, 0.1) is 12.1 Å². The highest BCUT2D eigenvalue weighted by Gasteiger charge is 2.13. The highest BCUT2D eigenvalue weighted by Crippen LogP contribution is 2.16. The molecule has 0 fully saturated rings. The summed E-state index contributed by atoms with van der Waals surface area (Å²) in [7, 11) is 0. The Morgan fingerprint density at radius 1 is 1.53 bits per heavy atom. The molecule has 0 saturated heterocycles. The predicted octanol–water partition coefficient (Wildman–Crippen LogP) is 0.740. The van der Waals surface area contributed by atoms with Crippen molar-refractivity contribution in [3.8, 4) is 0 Å². The van der Waals surface area contributed by atoms with Crippen LogP contribution in [0.15, 0.2) is 27.4 Å². The van der Waals surface area contributed by atoms with Gasteiger partial charge in [-0.2, -0.15) is 0 Å². The number of rotatable bonds is 3. The maximum atomic E-state index is 11.5. The van der Waals surface area contributed by atoms with Gasteiger partial charge in [-0.25, -0.2) is 4.79 Å². The van der Waals surface area contributed by atoms with E-state index in [2.05, 4.69) is 0 Å². The molecule has 2 N–H and O–H groups in total. The molecule has 17 heavy (non-hydrogen) atoms. The van der Waals surface area contributed by atoms with Gasteiger partial charge in [0.1, 0.15) is 6.54 Å². The number of hydrogen-bond donors (Lipinski definition) is 1. The molecular weight excluding hydrogens is 224 g/mol. The molecule has 0 bridgehead atoms. The van der Waals surface area contributed by atoms with Crippen LogP contribution in [0, 0.1) is 0 Å². The maximum absolute atomic E-state index is 11.5.